The van der Waals surface area contributed by atoms with Crippen LogP contribution in [0.25, 0.3) is 0 Å². The Morgan fingerprint density at radius 1 is 1.19 bits per heavy atom. The number of hydrogen-bond donors (Lipinski definition) is 1. The molecule has 118 valence electrons. The molecule has 0 bridgehead atoms. The molecule has 2 rings (SSSR count). The van der Waals surface area contributed by atoms with Crippen LogP contribution in [-0.4, -0.2) is 31.4 Å². The lowest BCUT2D eigenvalue weighted by Crippen LogP contribution is -2.36. The van der Waals surface area contributed by atoms with Crippen molar-refractivity contribution in [1.29, 1.82) is 0 Å². The van der Waals surface area contributed by atoms with Crippen LogP contribution in [0, 0.1) is 5.41 Å². The van der Waals surface area contributed by atoms with Crippen LogP contribution in [0.15, 0.2) is 24.3 Å². The molecule has 1 saturated carbocycles. The molecule has 0 heterocycles. The van der Waals surface area contributed by atoms with Crippen molar-refractivity contribution >= 4 is 12.6 Å². The van der Waals surface area contributed by atoms with E-state index in [2.05, 4.69) is 42.8 Å². The molecule has 1 aromatic carbocycles. The molecular formula is C18H29NOS. The molecule has 0 amide bonds. The van der Waals surface area contributed by atoms with Crippen LogP contribution >= 0.6 is 12.6 Å². The molecule has 0 atom stereocenters. The number of hydrogen-bond acceptors (Lipinski definition) is 3. The zero-order valence-electron chi connectivity index (χ0n) is 13.5. The van der Waals surface area contributed by atoms with Crippen LogP contribution in [0.2, 0.25) is 0 Å². The van der Waals surface area contributed by atoms with Gasteiger partial charge in [-0.05, 0) is 48.8 Å². The fourth-order valence-corrected chi connectivity index (χ4v) is 3.97. The molecule has 2 nitrogen and oxygen atoms in total. The average Bonchev–Trinajstić information content (AvgIpc) is 2.73. The van der Waals surface area contributed by atoms with Gasteiger partial charge in [-0.15, -0.1) is 0 Å². The molecule has 21 heavy (non-hydrogen) atoms. The Kier molecular flexibility index (Phi) is 6.43. The zero-order chi connectivity index (χ0) is 15.1. The van der Waals surface area contributed by atoms with E-state index in [0.717, 1.165) is 24.6 Å². The van der Waals surface area contributed by atoms with E-state index in [9.17, 15) is 0 Å². The molecule has 0 aromatic heterocycles. The van der Waals surface area contributed by atoms with Gasteiger partial charge in [0.05, 0.1) is 7.11 Å². The summed E-state index contributed by atoms with van der Waals surface area (Å²) in [6.45, 7) is 2.13. The van der Waals surface area contributed by atoms with E-state index in [-0.39, 0.29) is 0 Å². The van der Waals surface area contributed by atoms with Gasteiger partial charge in [-0.25, -0.2) is 0 Å². The zero-order valence-corrected chi connectivity index (χ0v) is 14.4. The number of rotatable bonds is 6. The summed E-state index contributed by atoms with van der Waals surface area (Å²) in [5, 5.41) is 0. The smallest absolute Gasteiger partial charge is 0.119 e. The van der Waals surface area contributed by atoms with Gasteiger partial charge in [-0.3, -0.25) is 0 Å². The van der Waals surface area contributed by atoms with Gasteiger partial charge in [-0.1, -0.05) is 37.8 Å². The molecule has 1 fully saturated rings. The van der Waals surface area contributed by atoms with Crippen molar-refractivity contribution in [2.45, 2.75) is 45.1 Å². The van der Waals surface area contributed by atoms with Crippen molar-refractivity contribution in [2.75, 3.05) is 26.5 Å². The maximum Gasteiger partial charge on any atom is 0.119 e. The van der Waals surface area contributed by atoms with Crippen LogP contribution in [0.3, 0.4) is 0 Å². The standard InChI is InChI=1S/C18H29NOS/c1-19(13-16-8-7-9-17(12-16)20-2)14-18(15-21)10-5-3-4-6-11-18/h7-9,12,21H,3-6,10-11,13-15H2,1-2H3. The van der Waals surface area contributed by atoms with Crippen LogP contribution < -0.4 is 4.74 Å². The summed E-state index contributed by atoms with van der Waals surface area (Å²) >= 11 is 4.68. The van der Waals surface area contributed by atoms with Gasteiger partial charge in [-0.2, -0.15) is 12.6 Å². The van der Waals surface area contributed by atoms with Crippen LogP contribution in [0.5, 0.6) is 5.75 Å². The monoisotopic (exact) mass is 307 g/mol. The summed E-state index contributed by atoms with van der Waals surface area (Å²) < 4.78 is 5.31. The number of thiol groups is 1. The van der Waals surface area contributed by atoms with Crippen molar-refractivity contribution in [1.82, 2.24) is 4.90 Å². The first-order valence-corrected chi connectivity index (χ1v) is 8.73. The highest BCUT2D eigenvalue weighted by Crippen LogP contribution is 2.37. The second-order valence-corrected chi connectivity index (χ2v) is 6.91. The Morgan fingerprint density at radius 3 is 2.52 bits per heavy atom. The first-order valence-electron chi connectivity index (χ1n) is 8.10. The lowest BCUT2D eigenvalue weighted by molar-refractivity contribution is 0.170. The molecular weight excluding hydrogens is 278 g/mol. The number of benzene rings is 1. The molecule has 0 N–H and O–H groups in total. The Balaban J connectivity index is 1.96. The van der Waals surface area contributed by atoms with Crippen LogP contribution in [0.4, 0.5) is 0 Å². The van der Waals surface area contributed by atoms with Gasteiger partial charge in [0.15, 0.2) is 0 Å². The fourth-order valence-electron chi connectivity index (χ4n) is 3.56. The highest BCUT2D eigenvalue weighted by molar-refractivity contribution is 7.80. The predicted molar refractivity (Wildman–Crippen MR) is 93.3 cm³/mol. The quantitative estimate of drug-likeness (QED) is 0.618. The third-order valence-electron chi connectivity index (χ3n) is 4.69. The maximum absolute atomic E-state index is 5.31. The van der Waals surface area contributed by atoms with Gasteiger partial charge < -0.3 is 9.64 Å². The van der Waals surface area contributed by atoms with Gasteiger partial charge in [0, 0.05) is 13.1 Å². The van der Waals surface area contributed by atoms with E-state index in [4.69, 9.17) is 4.74 Å². The molecule has 1 aromatic rings. The van der Waals surface area contributed by atoms with Crippen LogP contribution in [-0.2, 0) is 6.54 Å². The Labute approximate surface area is 135 Å². The van der Waals surface area contributed by atoms with Crippen molar-refractivity contribution in [3.63, 3.8) is 0 Å². The van der Waals surface area contributed by atoms with E-state index in [0.29, 0.717) is 5.41 Å². The SMILES string of the molecule is COc1cccc(CN(C)CC2(CS)CCCCCC2)c1. The molecule has 0 unspecified atom stereocenters. The summed E-state index contributed by atoms with van der Waals surface area (Å²) in [5.41, 5.74) is 1.73. The lowest BCUT2D eigenvalue weighted by atomic mass is 9.81. The van der Waals surface area contributed by atoms with E-state index in [1.54, 1.807) is 7.11 Å². The normalized spacial score (nSPS) is 18.5. The largest absolute Gasteiger partial charge is 0.497 e. The van der Waals surface area contributed by atoms with Crippen molar-refractivity contribution in [2.24, 2.45) is 5.41 Å². The van der Waals surface area contributed by atoms with E-state index in [1.807, 2.05) is 6.07 Å². The van der Waals surface area contributed by atoms with Crippen molar-refractivity contribution in [3.8, 4) is 5.75 Å². The molecule has 0 saturated heterocycles. The second-order valence-electron chi connectivity index (χ2n) is 6.60. The third kappa shape index (κ3) is 4.93. The third-order valence-corrected chi connectivity index (χ3v) is 5.36. The van der Waals surface area contributed by atoms with Gasteiger partial charge in [0.25, 0.3) is 0 Å². The second kappa shape index (κ2) is 8.09. The Hall–Kier alpha value is -0.670. The van der Waals surface area contributed by atoms with Gasteiger partial charge >= 0.3 is 0 Å². The molecule has 1 aliphatic rings. The molecule has 0 spiro atoms. The minimum Gasteiger partial charge on any atom is -0.497 e. The molecule has 1 aliphatic carbocycles. The first-order chi connectivity index (χ1) is 10.2. The van der Waals surface area contributed by atoms with Gasteiger partial charge in [0.2, 0.25) is 0 Å². The predicted octanol–water partition coefficient (Wildman–Crippen LogP) is 4.40. The minimum atomic E-state index is 0.410. The average molecular weight is 308 g/mol. The van der Waals surface area contributed by atoms with Crippen molar-refractivity contribution in [3.05, 3.63) is 29.8 Å². The summed E-state index contributed by atoms with van der Waals surface area (Å²) in [5.74, 6) is 1.95. The first kappa shape index (κ1) is 16.7. The molecule has 0 aliphatic heterocycles. The summed E-state index contributed by atoms with van der Waals surface area (Å²) in [6, 6.07) is 8.39. The summed E-state index contributed by atoms with van der Waals surface area (Å²) in [6.07, 6.45) is 8.20. The lowest BCUT2D eigenvalue weighted by Gasteiger charge is -2.35. The summed E-state index contributed by atoms with van der Waals surface area (Å²) in [7, 11) is 3.96. The number of nitrogens with zero attached hydrogens (tertiary/aromatic N) is 1. The maximum atomic E-state index is 5.31. The minimum absolute atomic E-state index is 0.410. The van der Waals surface area contributed by atoms with Crippen molar-refractivity contribution < 1.29 is 4.74 Å². The topological polar surface area (TPSA) is 12.5 Å². The summed E-state index contributed by atoms with van der Waals surface area (Å²) in [4.78, 5) is 2.45. The highest BCUT2D eigenvalue weighted by atomic mass is 32.1. The highest BCUT2D eigenvalue weighted by Gasteiger charge is 2.30. The van der Waals surface area contributed by atoms with E-state index < -0.39 is 0 Å². The van der Waals surface area contributed by atoms with Gasteiger partial charge in [0.1, 0.15) is 5.75 Å². The fraction of sp³-hybridized carbons (Fsp3) is 0.667. The van der Waals surface area contributed by atoms with E-state index in [1.165, 1.54) is 44.1 Å². The molecule has 0 radical (unpaired) electrons. The van der Waals surface area contributed by atoms with E-state index >= 15 is 0 Å². The Bertz CT molecular complexity index is 427. The Morgan fingerprint density at radius 2 is 1.90 bits per heavy atom. The number of ether oxygens (including phenoxy) is 1. The van der Waals surface area contributed by atoms with Crippen LogP contribution in [0.1, 0.15) is 44.1 Å². The molecule has 3 heteroatoms. The number of methoxy groups -OCH3 is 1.